The first-order valence-corrected chi connectivity index (χ1v) is 12.7. The molecule has 2 aliphatic heterocycles. The lowest BCUT2D eigenvalue weighted by atomic mass is 10.4. The minimum absolute atomic E-state index is 0.678. The topological polar surface area (TPSA) is 73.2 Å². The molecule has 1 unspecified atom stereocenters. The Morgan fingerprint density at radius 1 is 1.35 bits per heavy atom. The molecule has 7 nitrogen and oxygen atoms in total. The first-order valence-electron chi connectivity index (χ1n) is 8.44. The normalized spacial score (nSPS) is 20.4. The number of hydrogen-bond donors (Lipinski definition) is 1. The van der Waals surface area contributed by atoms with Gasteiger partial charge in [0.05, 0.1) is 5.69 Å². The molecule has 1 saturated heterocycles. The van der Waals surface area contributed by atoms with Crippen LogP contribution in [-0.2, 0) is 23.5 Å². The Balaban J connectivity index is 1.39. The SMILES string of the molecule is CN(C)Cc1nc(CSCCNC2=NS(=O)N=C2N2CCSCC2)cs1. The van der Waals surface area contributed by atoms with Crippen LogP contribution >= 0.6 is 34.9 Å². The number of thiazole rings is 1. The van der Waals surface area contributed by atoms with Gasteiger partial charge in [-0.05, 0) is 14.1 Å². The van der Waals surface area contributed by atoms with E-state index in [1.54, 1.807) is 11.3 Å². The maximum Gasteiger partial charge on any atom is 0.269 e. The van der Waals surface area contributed by atoms with Gasteiger partial charge in [-0.3, -0.25) is 0 Å². The maximum atomic E-state index is 11.7. The van der Waals surface area contributed by atoms with Gasteiger partial charge >= 0.3 is 0 Å². The Kier molecular flexibility index (Phi) is 7.79. The maximum absolute atomic E-state index is 11.7. The van der Waals surface area contributed by atoms with Gasteiger partial charge in [0, 0.05) is 54.6 Å². The molecule has 2 aliphatic rings. The molecule has 0 aliphatic carbocycles. The molecule has 1 N–H and O–H groups in total. The van der Waals surface area contributed by atoms with Crippen LogP contribution in [0.2, 0.25) is 0 Å². The smallest absolute Gasteiger partial charge is 0.269 e. The van der Waals surface area contributed by atoms with Crippen LogP contribution in [0, 0.1) is 0 Å². The van der Waals surface area contributed by atoms with Crippen LogP contribution in [0.15, 0.2) is 14.2 Å². The third kappa shape index (κ3) is 5.95. The molecular weight excluding hydrogens is 408 g/mol. The average Bonchev–Trinajstić information content (AvgIpc) is 3.21. The van der Waals surface area contributed by atoms with Crippen LogP contribution < -0.4 is 5.32 Å². The molecule has 0 aromatic carbocycles. The Morgan fingerprint density at radius 2 is 2.15 bits per heavy atom. The Bertz CT molecular complexity index is 683. The van der Waals surface area contributed by atoms with Crippen LogP contribution in [0.4, 0.5) is 0 Å². The second-order valence-electron chi connectivity index (χ2n) is 6.13. The van der Waals surface area contributed by atoms with E-state index in [1.165, 1.54) is 0 Å². The van der Waals surface area contributed by atoms with Gasteiger partial charge in [0.1, 0.15) is 5.01 Å². The van der Waals surface area contributed by atoms with Gasteiger partial charge in [-0.25, -0.2) is 9.19 Å². The molecule has 1 fully saturated rings. The summed E-state index contributed by atoms with van der Waals surface area (Å²) >= 11 is 4.03. The fourth-order valence-corrected chi connectivity index (χ4v) is 5.89. The second-order valence-corrected chi connectivity index (χ2v) is 10.2. The van der Waals surface area contributed by atoms with E-state index in [0.29, 0.717) is 5.84 Å². The summed E-state index contributed by atoms with van der Waals surface area (Å²) in [4.78, 5) is 8.97. The molecule has 0 saturated carbocycles. The Hall–Kier alpha value is -0.620. The average molecular weight is 433 g/mol. The highest BCUT2D eigenvalue weighted by Gasteiger charge is 2.25. The summed E-state index contributed by atoms with van der Waals surface area (Å²) in [5.74, 6) is 5.46. The standard InChI is InChI=1S/C15H24N6OS4/c1-20(2)9-13-17-12(11-25-13)10-24-6-3-16-14-15(19-26(22)18-14)21-4-7-23-8-5-21/h11H,3-10H2,1-2H3,(H,16,18). The number of amidine groups is 2. The highest BCUT2D eigenvalue weighted by atomic mass is 32.2. The van der Waals surface area contributed by atoms with E-state index in [0.717, 1.165) is 65.7 Å². The van der Waals surface area contributed by atoms with Gasteiger partial charge in [0.25, 0.3) is 11.2 Å². The minimum atomic E-state index is -1.48. The summed E-state index contributed by atoms with van der Waals surface area (Å²) in [7, 11) is 4.11. The zero-order valence-electron chi connectivity index (χ0n) is 15.0. The predicted octanol–water partition coefficient (Wildman–Crippen LogP) is 1.47. The van der Waals surface area contributed by atoms with Crippen molar-refractivity contribution < 1.29 is 4.21 Å². The number of nitrogens with zero attached hydrogens (tertiary/aromatic N) is 5. The van der Waals surface area contributed by atoms with Gasteiger partial charge < -0.3 is 15.1 Å². The zero-order valence-corrected chi connectivity index (χ0v) is 18.3. The molecule has 144 valence electrons. The highest BCUT2D eigenvalue weighted by Crippen LogP contribution is 2.17. The largest absolute Gasteiger partial charge is 0.366 e. The highest BCUT2D eigenvalue weighted by molar-refractivity contribution is 7.99. The quantitative estimate of drug-likeness (QED) is 0.654. The lowest BCUT2D eigenvalue weighted by Gasteiger charge is -2.28. The van der Waals surface area contributed by atoms with Gasteiger partial charge in [0.15, 0.2) is 11.7 Å². The summed E-state index contributed by atoms with van der Waals surface area (Å²) in [5.41, 5.74) is 1.14. The summed E-state index contributed by atoms with van der Waals surface area (Å²) < 4.78 is 20.0. The molecule has 1 aromatic rings. The van der Waals surface area contributed by atoms with Crippen LogP contribution in [0.5, 0.6) is 0 Å². The van der Waals surface area contributed by atoms with Crippen molar-refractivity contribution in [3.8, 4) is 0 Å². The van der Waals surface area contributed by atoms with Crippen molar-refractivity contribution >= 4 is 57.7 Å². The minimum Gasteiger partial charge on any atom is -0.366 e. The fourth-order valence-electron chi connectivity index (χ4n) is 2.53. The molecule has 26 heavy (non-hydrogen) atoms. The number of hydrogen-bond acceptors (Lipinski definition) is 8. The van der Waals surface area contributed by atoms with E-state index in [9.17, 15) is 4.21 Å². The molecule has 1 atom stereocenters. The molecule has 3 heterocycles. The first-order chi connectivity index (χ1) is 12.6. The van der Waals surface area contributed by atoms with Crippen LogP contribution in [0.3, 0.4) is 0 Å². The predicted molar refractivity (Wildman–Crippen MR) is 116 cm³/mol. The van der Waals surface area contributed by atoms with Crippen LogP contribution in [-0.4, -0.2) is 81.7 Å². The first kappa shape index (κ1) is 20.1. The Morgan fingerprint density at radius 3 is 2.92 bits per heavy atom. The van der Waals surface area contributed by atoms with Gasteiger partial charge in [0.2, 0.25) is 0 Å². The van der Waals surface area contributed by atoms with Crippen LogP contribution in [0.25, 0.3) is 0 Å². The number of aromatic nitrogens is 1. The van der Waals surface area contributed by atoms with Crippen molar-refractivity contribution in [3.05, 3.63) is 16.1 Å². The number of nitrogens with one attached hydrogen (secondary N) is 1. The van der Waals surface area contributed by atoms with E-state index < -0.39 is 11.2 Å². The fraction of sp³-hybridized carbons (Fsp3) is 0.667. The van der Waals surface area contributed by atoms with E-state index in [4.69, 9.17) is 0 Å². The molecule has 1 aromatic heterocycles. The molecular formula is C15H24N6OS4. The van der Waals surface area contributed by atoms with E-state index in [-0.39, 0.29) is 0 Å². The number of rotatable bonds is 7. The lowest BCUT2D eigenvalue weighted by Crippen LogP contribution is -2.45. The zero-order chi connectivity index (χ0) is 18.4. The molecule has 11 heteroatoms. The molecule has 0 radical (unpaired) electrons. The Labute approximate surface area is 169 Å². The molecule has 0 bridgehead atoms. The van der Waals surface area contributed by atoms with Crippen molar-refractivity contribution in [1.82, 2.24) is 20.1 Å². The molecule has 0 amide bonds. The van der Waals surface area contributed by atoms with Crippen LogP contribution in [0.1, 0.15) is 10.7 Å². The summed E-state index contributed by atoms with van der Waals surface area (Å²) in [5, 5.41) is 6.61. The summed E-state index contributed by atoms with van der Waals surface area (Å²) in [6.45, 7) is 3.55. The third-order valence-corrected chi connectivity index (χ3v) is 7.18. The lowest BCUT2D eigenvalue weighted by molar-refractivity contribution is 0.401. The van der Waals surface area contributed by atoms with Crippen molar-refractivity contribution in [2.24, 2.45) is 8.80 Å². The molecule has 0 spiro atoms. The van der Waals surface area contributed by atoms with Crippen molar-refractivity contribution in [2.75, 3.05) is 51.0 Å². The van der Waals surface area contributed by atoms with E-state index in [1.807, 2.05) is 23.5 Å². The third-order valence-electron chi connectivity index (χ3n) is 3.70. The van der Waals surface area contributed by atoms with Crippen molar-refractivity contribution in [2.45, 2.75) is 12.3 Å². The van der Waals surface area contributed by atoms with Gasteiger partial charge in [-0.15, -0.1) is 20.1 Å². The van der Waals surface area contributed by atoms with Crippen molar-refractivity contribution in [1.29, 1.82) is 0 Å². The number of thioether (sulfide) groups is 2. The summed E-state index contributed by atoms with van der Waals surface area (Å²) in [6, 6.07) is 0. The summed E-state index contributed by atoms with van der Waals surface area (Å²) in [6.07, 6.45) is 0. The van der Waals surface area contributed by atoms with Crippen molar-refractivity contribution in [3.63, 3.8) is 0 Å². The van der Waals surface area contributed by atoms with Gasteiger partial charge in [-0.2, -0.15) is 23.5 Å². The molecule has 3 rings (SSSR count). The van der Waals surface area contributed by atoms with E-state index in [2.05, 4.69) is 48.4 Å². The van der Waals surface area contributed by atoms with E-state index >= 15 is 0 Å². The monoisotopic (exact) mass is 432 g/mol. The second kappa shape index (κ2) is 10.1. The van der Waals surface area contributed by atoms with Gasteiger partial charge in [-0.1, -0.05) is 0 Å².